The number of amides is 1. The van der Waals surface area contributed by atoms with Gasteiger partial charge in [-0.25, -0.2) is 4.39 Å². The highest BCUT2D eigenvalue weighted by molar-refractivity contribution is 7.14. The molecule has 0 saturated heterocycles. The molecule has 1 atom stereocenters. The van der Waals surface area contributed by atoms with Crippen LogP contribution in [0, 0.1) is 5.82 Å². The first-order valence-corrected chi connectivity index (χ1v) is 10.4. The molecule has 3 heterocycles. The van der Waals surface area contributed by atoms with E-state index in [0.717, 1.165) is 5.56 Å². The van der Waals surface area contributed by atoms with E-state index in [9.17, 15) is 19.1 Å². The first kappa shape index (κ1) is 20.2. The first-order valence-electron chi connectivity index (χ1n) is 9.62. The smallest absolute Gasteiger partial charge is 0.275 e. The Hall–Kier alpha value is -3.07. The number of benzene rings is 1. The summed E-state index contributed by atoms with van der Waals surface area (Å²) in [5, 5.41) is 19.8. The van der Waals surface area contributed by atoms with Crippen LogP contribution < -0.4 is 5.43 Å². The molecule has 1 aliphatic rings. The monoisotopic (exact) mass is 428 g/mol. The number of aromatic nitrogens is 3. The van der Waals surface area contributed by atoms with Gasteiger partial charge in [0.1, 0.15) is 10.8 Å². The topological polar surface area (TPSA) is 88.3 Å². The molecule has 7 nitrogen and oxygen atoms in total. The Morgan fingerprint density at radius 1 is 1.23 bits per heavy atom. The first-order chi connectivity index (χ1) is 14.3. The van der Waals surface area contributed by atoms with Gasteiger partial charge in [-0.3, -0.25) is 9.59 Å². The second-order valence-corrected chi connectivity index (χ2v) is 8.74. The van der Waals surface area contributed by atoms with Crippen LogP contribution in [0.1, 0.15) is 41.8 Å². The molecular weight excluding hydrogens is 407 g/mol. The van der Waals surface area contributed by atoms with E-state index in [1.165, 1.54) is 23.5 Å². The van der Waals surface area contributed by atoms with Crippen molar-refractivity contribution >= 4 is 17.2 Å². The molecule has 0 fully saturated rings. The standard InChI is InChI=1S/C21H21FN4O3S/c1-11(2)26-12(3)9-25-10-15(18(27)19(28)17(25)21(26)29)20-24-23-16(30-20)8-13-4-6-14(22)7-5-13/h4-7,10-12,28H,8-9H2,1-3H3/t12-/m1/s1. The summed E-state index contributed by atoms with van der Waals surface area (Å²) in [5.74, 6) is -1.24. The average molecular weight is 428 g/mol. The second kappa shape index (κ2) is 7.64. The highest BCUT2D eigenvalue weighted by atomic mass is 32.1. The predicted molar refractivity (Wildman–Crippen MR) is 111 cm³/mol. The highest BCUT2D eigenvalue weighted by Crippen LogP contribution is 2.29. The van der Waals surface area contributed by atoms with Crippen LogP contribution in [-0.2, 0) is 13.0 Å². The molecule has 0 radical (unpaired) electrons. The Balaban J connectivity index is 1.70. The zero-order valence-electron chi connectivity index (χ0n) is 16.8. The van der Waals surface area contributed by atoms with Crippen molar-refractivity contribution in [3.05, 3.63) is 62.8 Å². The summed E-state index contributed by atoms with van der Waals surface area (Å²) in [6.45, 7) is 6.19. The largest absolute Gasteiger partial charge is 0.503 e. The van der Waals surface area contributed by atoms with Gasteiger partial charge >= 0.3 is 0 Å². The van der Waals surface area contributed by atoms with Crippen molar-refractivity contribution in [3.63, 3.8) is 0 Å². The lowest BCUT2D eigenvalue weighted by Crippen LogP contribution is -2.50. The van der Waals surface area contributed by atoms with Crippen molar-refractivity contribution in [2.24, 2.45) is 0 Å². The Kier molecular flexibility index (Phi) is 5.15. The van der Waals surface area contributed by atoms with Crippen molar-refractivity contribution < 1.29 is 14.3 Å². The van der Waals surface area contributed by atoms with E-state index in [0.29, 0.717) is 23.0 Å². The van der Waals surface area contributed by atoms with Crippen LogP contribution in [0.15, 0.2) is 35.3 Å². The predicted octanol–water partition coefficient (Wildman–Crippen LogP) is 3.06. The van der Waals surface area contributed by atoms with Crippen molar-refractivity contribution in [1.29, 1.82) is 0 Å². The molecule has 0 bridgehead atoms. The molecule has 0 saturated carbocycles. The van der Waals surface area contributed by atoms with Crippen LogP contribution in [0.2, 0.25) is 0 Å². The van der Waals surface area contributed by atoms with Gasteiger partial charge in [0.05, 0.1) is 5.56 Å². The Morgan fingerprint density at radius 3 is 2.60 bits per heavy atom. The van der Waals surface area contributed by atoms with Crippen molar-refractivity contribution in [2.75, 3.05) is 0 Å². The van der Waals surface area contributed by atoms with Crippen LogP contribution in [0.4, 0.5) is 4.39 Å². The summed E-state index contributed by atoms with van der Waals surface area (Å²) in [6, 6.07) is 5.97. The quantitative estimate of drug-likeness (QED) is 0.690. The molecule has 1 aromatic carbocycles. The third kappa shape index (κ3) is 3.49. The molecule has 4 rings (SSSR count). The molecule has 30 heavy (non-hydrogen) atoms. The number of rotatable bonds is 4. The van der Waals surface area contributed by atoms with Crippen molar-refractivity contribution in [3.8, 4) is 16.3 Å². The fourth-order valence-electron chi connectivity index (χ4n) is 3.82. The molecular formula is C21H21FN4O3S. The normalized spacial score (nSPS) is 16.2. The molecule has 156 valence electrons. The molecule has 0 spiro atoms. The van der Waals surface area contributed by atoms with Crippen LogP contribution in [-0.4, -0.2) is 42.8 Å². The Morgan fingerprint density at radius 2 is 1.93 bits per heavy atom. The summed E-state index contributed by atoms with van der Waals surface area (Å²) < 4.78 is 14.7. The lowest BCUT2D eigenvalue weighted by atomic mass is 10.1. The van der Waals surface area contributed by atoms with Gasteiger partial charge in [-0.15, -0.1) is 10.2 Å². The SMILES string of the molecule is CC(C)N1C(=O)c2c(O)c(=O)c(-c3nnc(Cc4ccc(F)cc4)s3)cn2C[C@H]1C. The third-order valence-corrected chi connectivity index (χ3v) is 6.11. The number of carbonyl (C=O) groups excluding carboxylic acids is 1. The number of hydrogen-bond acceptors (Lipinski definition) is 6. The Labute approximate surface area is 176 Å². The minimum Gasteiger partial charge on any atom is -0.503 e. The minimum atomic E-state index is -0.641. The molecule has 3 aromatic rings. The van der Waals surface area contributed by atoms with Crippen LogP contribution >= 0.6 is 11.3 Å². The van der Waals surface area contributed by atoms with E-state index in [1.807, 2.05) is 20.8 Å². The fraction of sp³-hybridized carbons (Fsp3) is 0.333. The number of hydrogen-bond donors (Lipinski definition) is 1. The van der Waals surface area contributed by atoms with Gasteiger partial charge in [0, 0.05) is 31.2 Å². The van der Waals surface area contributed by atoms with Gasteiger partial charge < -0.3 is 14.6 Å². The van der Waals surface area contributed by atoms with E-state index in [4.69, 9.17) is 0 Å². The molecule has 0 unspecified atom stereocenters. The number of nitrogens with zero attached hydrogens (tertiary/aromatic N) is 4. The van der Waals surface area contributed by atoms with Crippen molar-refractivity contribution in [1.82, 2.24) is 19.7 Å². The van der Waals surface area contributed by atoms with Crippen LogP contribution in [0.5, 0.6) is 5.75 Å². The number of fused-ring (bicyclic) bond motifs is 1. The number of carbonyl (C=O) groups is 1. The molecule has 1 aliphatic heterocycles. The second-order valence-electron chi connectivity index (χ2n) is 7.68. The van der Waals surface area contributed by atoms with Gasteiger partial charge in [-0.2, -0.15) is 0 Å². The lowest BCUT2D eigenvalue weighted by Gasteiger charge is -2.38. The molecule has 1 amide bonds. The van der Waals surface area contributed by atoms with E-state index < -0.39 is 11.2 Å². The van der Waals surface area contributed by atoms with Gasteiger partial charge in [-0.1, -0.05) is 23.5 Å². The van der Waals surface area contributed by atoms with Gasteiger partial charge in [0.15, 0.2) is 16.5 Å². The van der Waals surface area contributed by atoms with E-state index in [1.54, 1.807) is 27.8 Å². The third-order valence-electron chi connectivity index (χ3n) is 5.15. The van der Waals surface area contributed by atoms with E-state index in [2.05, 4.69) is 10.2 Å². The number of aromatic hydroxyl groups is 1. The fourth-order valence-corrected chi connectivity index (χ4v) is 4.70. The lowest BCUT2D eigenvalue weighted by molar-refractivity contribution is 0.0531. The highest BCUT2D eigenvalue weighted by Gasteiger charge is 2.35. The summed E-state index contributed by atoms with van der Waals surface area (Å²) in [5.41, 5.74) is 0.443. The van der Waals surface area contributed by atoms with Gasteiger partial charge in [0.25, 0.3) is 5.91 Å². The molecule has 1 N–H and O–H groups in total. The molecule has 0 aliphatic carbocycles. The summed E-state index contributed by atoms with van der Waals surface area (Å²) >= 11 is 1.23. The van der Waals surface area contributed by atoms with Crippen LogP contribution in [0.3, 0.4) is 0 Å². The molecule has 9 heteroatoms. The van der Waals surface area contributed by atoms with E-state index in [-0.39, 0.29) is 35.1 Å². The maximum Gasteiger partial charge on any atom is 0.275 e. The summed E-state index contributed by atoms with van der Waals surface area (Å²) in [7, 11) is 0. The van der Waals surface area contributed by atoms with Gasteiger partial charge in [-0.05, 0) is 38.5 Å². The minimum absolute atomic E-state index is 0.00611. The molecule has 2 aromatic heterocycles. The zero-order valence-corrected chi connectivity index (χ0v) is 17.6. The maximum atomic E-state index is 13.1. The van der Waals surface area contributed by atoms with Gasteiger partial charge in [0.2, 0.25) is 5.43 Å². The number of pyridine rings is 1. The number of halogens is 1. The van der Waals surface area contributed by atoms with E-state index >= 15 is 0 Å². The summed E-state index contributed by atoms with van der Waals surface area (Å²) in [4.78, 5) is 27.4. The maximum absolute atomic E-state index is 13.1. The van der Waals surface area contributed by atoms with Crippen LogP contribution in [0.25, 0.3) is 10.6 Å². The Bertz CT molecular complexity index is 1170. The van der Waals surface area contributed by atoms with Crippen molar-refractivity contribution in [2.45, 2.75) is 45.8 Å². The average Bonchev–Trinajstić information content (AvgIpc) is 3.14. The summed E-state index contributed by atoms with van der Waals surface area (Å²) in [6.07, 6.45) is 2.03. The zero-order chi connectivity index (χ0) is 21.6.